The van der Waals surface area contributed by atoms with E-state index in [4.69, 9.17) is 9.47 Å². The van der Waals surface area contributed by atoms with Crippen LogP contribution in [0.2, 0.25) is 0 Å². The molecule has 36 heavy (non-hydrogen) atoms. The molecule has 1 atom stereocenters. The number of aromatic nitrogens is 4. The minimum Gasteiger partial charge on any atom is -0.508 e. The van der Waals surface area contributed by atoms with Crippen molar-refractivity contribution in [2.24, 2.45) is 19.2 Å². The molecule has 2 aromatic heterocycles. The van der Waals surface area contributed by atoms with E-state index in [2.05, 4.69) is 15.5 Å². The van der Waals surface area contributed by atoms with Gasteiger partial charge in [0, 0.05) is 14.1 Å². The predicted octanol–water partition coefficient (Wildman–Crippen LogP) is 1.03. The Balaban J connectivity index is 1.63. The summed E-state index contributed by atoms with van der Waals surface area (Å²) in [6, 6.07) is 13.4. The Hall–Kier alpha value is -4.58. The summed E-state index contributed by atoms with van der Waals surface area (Å²) in [6.45, 7) is -0.131. The number of anilines is 1. The highest BCUT2D eigenvalue weighted by atomic mass is 16.5. The first-order chi connectivity index (χ1) is 17.3. The number of ether oxygens (including phenoxy) is 2. The van der Waals surface area contributed by atoms with Crippen LogP contribution in [0.15, 0.2) is 63.2 Å². The first kappa shape index (κ1) is 24.5. The largest absolute Gasteiger partial charge is 0.508 e. The lowest BCUT2D eigenvalue weighted by Crippen LogP contribution is -2.38. The Morgan fingerprint density at radius 1 is 1.11 bits per heavy atom. The molecule has 4 aromatic rings. The molecule has 188 valence electrons. The number of methoxy groups -OCH3 is 1. The van der Waals surface area contributed by atoms with Crippen molar-refractivity contribution in [3.63, 3.8) is 0 Å². The Bertz CT molecular complexity index is 1520. The van der Waals surface area contributed by atoms with E-state index in [9.17, 15) is 19.8 Å². The van der Waals surface area contributed by atoms with Gasteiger partial charge < -0.3 is 24.3 Å². The lowest BCUT2D eigenvalue weighted by Gasteiger charge is -2.15. The van der Waals surface area contributed by atoms with E-state index < -0.39 is 17.4 Å². The number of hydrogen-bond donors (Lipinski definition) is 3. The number of rotatable bonds is 9. The molecule has 1 unspecified atom stereocenters. The minimum atomic E-state index is -1.03. The topological polar surface area (TPSA) is 145 Å². The van der Waals surface area contributed by atoms with Crippen LogP contribution in [0, 0.1) is 0 Å². The zero-order chi connectivity index (χ0) is 25.8. The lowest BCUT2D eigenvalue weighted by molar-refractivity contribution is 0.0938. The molecule has 0 saturated carbocycles. The third-order valence-corrected chi connectivity index (χ3v) is 5.49. The summed E-state index contributed by atoms with van der Waals surface area (Å²) in [5.74, 6) is 1.45. The summed E-state index contributed by atoms with van der Waals surface area (Å²) in [4.78, 5) is 29.8. The number of aliphatic hydroxyl groups is 1. The van der Waals surface area contributed by atoms with Crippen LogP contribution >= 0.6 is 0 Å². The number of hydrogen-bond acceptors (Lipinski definition) is 9. The monoisotopic (exact) mass is 494 g/mol. The molecule has 0 saturated heterocycles. The minimum absolute atomic E-state index is 0.0654. The average Bonchev–Trinajstić information content (AvgIpc) is 3.23. The maximum absolute atomic E-state index is 13.0. The number of benzene rings is 2. The Morgan fingerprint density at radius 2 is 1.83 bits per heavy atom. The molecule has 0 bridgehead atoms. The lowest BCUT2D eigenvalue weighted by atomic mass is 10.2. The molecular weight excluding hydrogens is 468 g/mol. The van der Waals surface area contributed by atoms with Crippen LogP contribution in [-0.4, -0.2) is 54.9 Å². The van der Waals surface area contributed by atoms with Gasteiger partial charge in [-0.1, -0.05) is 12.1 Å². The summed E-state index contributed by atoms with van der Waals surface area (Å²) >= 11 is 0. The molecule has 4 rings (SSSR count). The Kier molecular flexibility index (Phi) is 7.06. The van der Waals surface area contributed by atoms with Crippen LogP contribution in [0.25, 0.3) is 11.2 Å². The summed E-state index contributed by atoms with van der Waals surface area (Å²) < 4.78 is 14.5. The third-order valence-electron chi connectivity index (χ3n) is 5.49. The molecular formula is C24H26N6O6. The summed E-state index contributed by atoms with van der Waals surface area (Å²) in [5, 5.41) is 24.5. The Morgan fingerprint density at radius 3 is 2.53 bits per heavy atom. The summed E-state index contributed by atoms with van der Waals surface area (Å²) in [6.07, 6.45) is 0.436. The van der Waals surface area contributed by atoms with E-state index in [0.29, 0.717) is 17.1 Å². The molecule has 2 heterocycles. The van der Waals surface area contributed by atoms with Crippen molar-refractivity contribution >= 4 is 23.3 Å². The van der Waals surface area contributed by atoms with E-state index in [0.717, 1.165) is 4.57 Å². The normalized spacial score (nSPS) is 12.2. The molecule has 12 nitrogen and oxygen atoms in total. The van der Waals surface area contributed by atoms with Crippen LogP contribution in [-0.2, 0) is 20.6 Å². The number of nitrogens with zero attached hydrogens (tertiary/aromatic N) is 5. The van der Waals surface area contributed by atoms with Crippen molar-refractivity contribution in [1.29, 1.82) is 0 Å². The van der Waals surface area contributed by atoms with Gasteiger partial charge in [-0.25, -0.2) is 10.2 Å². The van der Waals surface area contributed by atoms with E-state index in [1.54, 1.807) is 43.5 Å². The summed E-state index contributed by atoms with van der Waals surface area (Å²) in [5.41, 5.74) is 2.56. The number of phenolic OH excluding ortho intramolecular Hbond substituents is 1. The van der Waals surface area contributed by atoms with E-state index in [-0.39, 0.29) is 36.0 Å². The zero-order valence-electron chi connectivity index (χ0n) is 20.0. The molecule has 0 radical (unpaired) electrons. The first-order valence-corrected chi connectivity index (χ1v) is 11.0. The van der Waals surface area contributed by atoms with Gasteiger partial charge in [0.2, 0.25) is 5.95 Å². The van der Waals surface area contributed by atoms with E-state index >= 15 is 0 Å². The number of imidazole rings is 1. The van der Waals surface area contributed by atoms with Crippen molar-refractivity contribution in [2.45, 2.75) is 12.6 Å². The maximum atomic E-state index is 13.0. The molecule has 0 spiro atoms. The fourth-order valence-electron chi connectivity index (χ4n) is 3.61. The number of aryl methyl sites for hydroxylation is 1. The molecule has 0 fully saturated rings. The number of nitrogens with one attached hydrogen (secondary N) is 1. The van der Waals surface area contributed by atoms with Crippen LogP contribution in [0.1, 0.15) is 5.56 Å². The Labute approximate surface area is 205 Å². The van der Waals surface area contributed by atoms with Gasteiger partial charge in [0.1, 0.15) is 30.0 Å². The van der Waals surface area contributed by atoms with Crippen molar-refractivity contribution < 1.29 is 19.7 Å². The van der Waals surface area contributed by atoms with Gasteiger partial charge in [0.15, 0.2) is 11.2 Å². The second kappa shape index (κ2) is 10.4. The molecule has 0 aliphatic carbocycles. The fraction of sp³-hybridized carbons (Fsp3) is 0.250. The zero-order valence-corrected chi connectivity index (χ0v) is 20.0. The van der Waals surface area contributed by atoms with Crippen LogP contribution in [0.5, 0.6) is 17.2 Å². The van der Waals surface area contributed by atoms with Crippen molar-refractivity contribution in [3.05, 3.63) is 74.9 Å². The summed E-state index contributed by atoms with van der Waals surface area (Å²) in [7, 11) is 4.44. The number of aromatic hydroxyl groups is 1. The van der Waals surface area contributed by atoms with Crippen molar-refractivity contribution in [3.8, 4) is 17.2 Å². The molecule has 2 aromatic carbocycles. The van der Waals surface area contributed by atoms with Crippen LogP contribution < -0.4 is 26.1 Å². The van der Waals surface area contributed by atoms with Crippen molar-refractivity contribution in [1.82, 2.24) is 18.7 Å². The van der Waals surface area contributed by atoms with Gasteiger partial charge in [-0.15, -0.1) is 0 Å². The van der Waals surface area contributed by atoms with Gasteiger partial charge in [0.25, 0.3) is 5.56 Å². The van der Waals surface area contributed by atoms with Gasteiger partial charge in [-0.05, 0) is 42.0 Å². The second-order valence-electron chi connectivity index (χ2n) is 8.03. The molecule has 0 amide bonds. The van der Waals surface area contributed by atoms with Gasteiger partial charge in [-0.2, -0.15) is 10.1 Å². The molecule has 0 aliphatic rings. The van der Waals surface area contributed by atoms with Gasteiger partial charge in [0.05, 0.1) is 19.9 Å². The second-order valence-corrected chi connectivity index (χ2v) is 8.03. The standard InChI is InChI=1S/C24H26N6O6/c1-28-21-20(22(33)29(2)24(28)34)30(13-17(32)14-36-19-9-7-18(35-3)8-10-19)23(26-21)27-25-12-15-5-4-6-16(31)11-15/h4-12,17,31-32H,13-14H2,1-3H3,(H,26,27). The predicted molar refractivity (Wildman–Crippen MR) is 134 cm³/mol. The fourth-order valence-corrected chi connectivity index (χ4v) is 3.61. The third kappa shape index (κ3) is 5.08. The van der Waals surface area contributed by atoms with Crippen LogP contribution in [0.3, 0.4) is 0 Å². The van der Waals surface area contributed by atoms with Gasteiger partial charge in [-0.3, -0.25) is 13.9 Å². The van der Waals surface area contributed by atoms with Crippen molar-refractivity contribution in [2.75, 3.05) is 19.1 Å². The SMILES string of the molecule is COc1ccc(OCC(O)Cn2c(NN=Cc3cccc(O)c3)nc3c2c(=O)n(C)c(=O)n3C)cc1. The quantitative estimate of drug-likeness (QED) is 0.231. The first-order valence-electron chi connectivity index (χ1n) is 11.0. The number of hydrazone groups is 1. The highest BCUT2D eigenvalue weighted by Crippen LogP contribution is 2.19. The average molecular weight is 495 g/mol. The maximum Gasteiger partial charge on any atom is 0.332 e. The smallest absolute Gasteiger partial charge is 0.332 e. The van der Waals surface area contributed by atoms with E-state index in [1.165, 1.54) is 41.6 Å². The number of fused-ring (bicyclic) bond motifs is 1. The van der Waals surface area contributed by atoms with Gasteiger partial charge >= 0.3 is 5.69 Å². The highest BCUT2D eigenvalue weighted by Gasteiger charge is 2.21. The highest BCUT2D eigenvalue weighted by molar-refractivity contribution is 5.81. The molecule has 12 heteroatoms. The number of phenols is 1. The van der Waals surface area contributed by atoms with E-state index in [1.807, 2.05) is 0 Å². The molecule has 3 N–H and O–H groups in total. The number of aliphatic hydroxyl groups excluding tert-OH is 1. The molecule has 0 aliphatic heterocycles. The van der Waals surface area contributed by atoms with Crippen LogP contribution in [0.4, 0.5) is 5.95 Å².